The zero-order valence-electron chi connectivity index (χ0n) is 10.9. The molecule has 1 aromatic heterocycles. The number of methoxy groups -OCH3 is 1. The predicted molar refractivity (Wildman–Crippen MR) is 79.7 cm³/mol. The van der Waals surface area contributed by atoms with Gasteiger partial charge in [-0.15, -0.1) is 0 Å². The average molecular weight is 313 g/mol. The molecule has 1 aromatic carbocycles. The van der Waals surface area contributed by atoms with E-state index in [-0.39, 0.29) is 5.82 Å². The van der Waals surface area contributed by atoms with E-state index in [1.165, 1.54) is 0 Å². The Morgan fingerprint density at radius 2 is 1.90 bits per heavy atom. The van der Waals surface area contributed by atoms with Gasteiger partial charge in [-0.1, -0.05) is 17.7 Å². The van der Waals surface area contributed by atoms with Gasteiger partial charge in [0.25, 0.3) is 0 Å². The molecule has 0 fully saturated rings. The van der Waals surface area contributed by atoms with Crippen LogP contribution in [0.1, 0.15) is 0 Å². The first kappa shape index (κ1) is 14.6. The van der Waals surface area contributed by atoms with Crippen LogP contribution in [0.4, 0.5) is 5.82 Å². The van der Waals surface area contributed by atoms with Gasteiger partial charge in [0.05, 0.1) is 18.4 Å². The number of rotatable bonds is 4. The molecule has 0 aliphatic rings. The van der Waals surface area contributed by atoms with Crippen molar-refractivity contribution in [3.8, 4) is 16.9 Å². The van der Waals surface area contributed by atoms with Gasteiger partial charge in [0.2, 0.25) is 10.0 Å². The first-order valence-corrected chi connectivity index (χ1v) is 7.94. The number of benzene rings is 1. The second kappa shape index (κ2) is 5.68. The number of halogens is 1. The number of hydrogen-bond acceptors (Lipinski definition) is 4. The Hall–Kier alpha value is -1.79. The zero-order valence-corrected chi connectivity index (χ0v) is 12.5. The summed E-state index contributed by atoms with van der Waals surface area (Å²) in [6.45, 7) is 0. The molecule has 0 atom stereocenters. The van der Waals surface area contributed by atoms with Crippen LogP contribution < -0.4 is 9.46 Å². The van der Waals surface area contributed by atoms with Crippen molar-refractivity contribution in [3.63, 3.8) is 0 Å². The number of aromatic nitrogens is 1. The molecule has 0 aliphatic carbocycles. The Kier molecular flexibility index (Phi) is 4.15. The van der Waals surface area contributed by atoms with Crippen LogP contribution in [0, 0.1) is 0 Å². The number of nitrogens with zero attached hydrogens (tertiary/aromatic N) is 1. The van der Waals surface area contributed by atoms with E-state index in [0.717, 1.165) is 17.4 Å². The molecule has 2 rings (SSSR count). The molecule has 1 N–H and O–H groups in total. The van der Waals surface area contributed by atoms with Crippen LogP contribution in [0.15, 0.2) is 36.5 Å². The molecule has 106 valence electrons. The summed E-state index contributed by atoms with van der Waals surface area (Å²) in [5.41, 5.74) is 1.70. The van der Waals surface area contributed by atoms with Crippen molar-refractivity contribution >= 4 is 27.4 Å². The highest BCUT2D eigenvalue weighted by atomic mass is 35.5. The van der Waals surface area contributed by atoms with Crippen molar-refractivity contribution < 1.29 is 13.2 Å². The molecule has 0 spiro atoms. The largest absolute Gasteiger partial charge is 0.495 e. The third-order valence-electron chi connectivity index (χ3n) is 2.54. The van der Waals surface area contributed by atoms with Crippen LogP contribution in [0.3, 0.4) is 0 Å². The summed E-state index contributed by atoms with van der Waals surface area (Å²) < 4.78 is 29.6. The van der Waals surface area contributed by atoms with Crippen molar-refractivity contribution in [1.29, 1.82) is 0 Å². The predicted octanol–water partition coefficient (Wildman–Crippen LogP) is 2.78. The minimum absolute atomic E-state index is 0.274. The number of hydrogen-bond donors (Lipinski definition) is 1. The highest BCUT2D eigenvalue weighted by Gasteiger charge is 2.06. The molecule has 7 heteroatoms. The first-order chi connectivity index (χ1) is 9.39. The van der Waals surface area contributed by atoms with Crippen molar-refractivity contribution in [3.05, 3.63) is 41.6 Å². The van der Waals surface area contributed by atoms with Crippen LogP contribution in [0.25, 0.3) is 11.1 Å². The molecule has 2 aromatic rings. The van der Waals surface area contributed by atoms with Gasteiger partial charge in [0.1, 0.15) is 11.6 Å². The Morgan fingerprint density at radius 1 is 1.20 bits per heavy atom. The van der Waals surface area contributed by atoms with E-state index in [1.807, 2.05) is 6.07 Å². The van der Waals surface area contributed by atoms with E-state index in [0.29, 0.717) is 10.8 Å². The molecule has 0 unspecified atom stereocenters. The lowest BCUT2D eigenvalue weighted by Crippen LogP contribution is -2.10. The highest BCUT2D eigenvalue weighted by Crippen LogP contribution is 2.30. The van der Waals surface area contributed by atoms with E-state index >= 15 is 0 Å². The molecular weight excluding hydrogens is 300 g/mol. The minimum atomic E-state index is -3.32. The van der Waals surface area contributed by atoms with Crippen LogP contribution >= 0.6 is 11.6 Å². The molecular formula is C13H13ClN2O3S. The first-order valence-electron chi connectivity index (χ1n) is 5.67. The van der Waals surface area contributed by atoms with Gasteiger partial charge in [-0.25, -0.2) is 13.4 Å². The van der Waals surface area contributed by atoms with Gasteiger partial charge in [-0.2, -0.15) is 0 Å². The van der Waals surface area contributed by atoms with Crippen molar-refractivity contribution in [2.75, 3.05) is 18.1 Å². The summed E-state index contributed by atoms with van der Waals surface area (Å²) >= 11 is 6.06. The Labute approximate surface area is 122 Å². The quantitative estimate of drug-likeness (QED) is 0.942. The Bertz CT molecular complexity index is 715. The lowest BCUT2D eigenvalue weighted by atomic mass is 10.1. The lowest BCUT2D eigenvalue weighted by Gasteiger charge is -2.07. The van der Waals surface area contributed by atoms with E-state index in [9.17, 15) is 8.42 Å². The SMILES string of the molecule is COc1ccc(-c2ccc(NS(C)(=O)=O)nc2)cc1Cl. The van der Waals surface area contributed by atoms with Gasteiger partial charge in [-0.05, 0) is 29.8 Å². The maximum atomic E-state index is 11.1. The summed E-state index contributed by atoms with van der Waals surface area (Å²) in [6.07, 6.45) is 2.65. The van der Waals surface area contributed by atoms with E-state index in [2.05, 4.69) is 9.71 Å². The highest BCUT2D eigenvalue weighted by molar-refractivity contribution is 7.92. The van der Waals surface area contributed by atoms with Crippen LogP contribution in [-0.4, -0.2) is 26.8 Å². The zero-order chi connectivity index (χ0) is 14.8. The molecule has 0 radical (unpaired) electrons. The van der Waals surface area contributed by atoms with Gasteiger partial charge in [-0.3, -0.25) is 4.72 Å². The smallest absolute Gasteiger partial charge is 0.230 e. The molecule has 20 heavy (non-hydrogen) atoms. The number of ether oxygens (including phenoxy) is 1. The molecule has 0 bridgehead atoms. The minimum Gasteiger partial charge on any atom is -0.495 e. The summed E-state index contributed by atoms with van der Waals surface area (Å²) in [5.74, 6) is 0.870. The standard InChI is InChI=1S/C13H13ClN2O3S/c1-19-12-5-3-9(7-11(12)14)10-4-6-13(15-8-10)16-20(2,17)18/h3-8H,1-2H3,(H,15,16). The Balaban J connectivity index is 2.28. The molecule has 0 aliphatic heterocycles. The van der Waals surface area contributed by atoms with Gasteiger partial charge in [0.15, 0.2) is 0 Å². The van der Waals surface area contributed by atoms with Crippen molar-refractivity contribution in [2.45, 2.75) is 0 Å². The fourth-order valence-corrected chi connectivity index (χ4v) is 2.42. The maximum Gasteiger partial charge on any atom is 0.230 e. The topological polar surface area (TPSA) is 68.3 Å². The van der Waals surface area contributed by atoms with Gasteiger partial charge >= 0.3 is 0 Å². The third kappa shape index (κ3) is 3.61. The third-order valence-corrected chi connectivity index (χ3v) is 3.41. The average Bonchev–Trinajstić information content (AvgIpc) is 2.37. The van der Waals surface area contributed by atoms with Gasteiger partial charge in [0, 0.05) is 11.8 Å². The van der Waals surface area contributed by atoms with Crippen LogP contribution in [-0.2, 0) is 10.0 Å². The van der Waals surface area contributed by atoms with E-state index in [4.69, 9.17) is 16.3 Å². The number of anilines is 1. The second-order valence-corrected chi connectivity index (χ2v) is 6.31. The van der Waals surface area contributed by atoms with E-state index < -0.39 is 10.0 Å². The number of sulfonamides is 1. The molecule has 5 nitrogen and oxygen atoms in total. The van der Waals surface area contributed by atoms with Crippen molar-refractivity contribution in [2.24, 2.45) is 0 Å². The maximum absolute atomic E-state index is 11.1. The fourth-order valence-electron chi connectivity index (χ4n) is 1.66. The lowest BCUT2D eigenvalue weighted by molar-refractivity contribution is 0.415. The summed E-state index contributed by atoms with van der Waals surface area (Å²) in [5, 5.41) is 0.503. The second-order valence-electron chi connectivity index (χ2n) is 4.16. The molecule has 0 saturated carbocycles. The van der Waals surface area contributed by atoms with Crippen LogP contribution in [0.2, 0.25) is 5.02 Å². The molecule has 1 heterocycles. The summed E-state index contributed by atoms with van der Waals surface area (Å²) in [4.78, 5) is 4.05. The Morgan fingerprint density at radius 3 is 2.40 bits per heavy atom. The summed E-state index contributed by atoms with van der Waals surface area (Å²) in [7, 11) is -1.77. The van der Waals surface area contributed by atoms with Gasteiger partial charge < -0.3 is 4.74 Å². The van der Waals surface area contributed by atoms with E-state index in [1.54, 1.807) is 37.6 Å². The summed E-state index contributed by atoms with van der Waals surface area (Å²) in [6, 6.07) is 8.74. The monoisotopic (exact) mass is 312 g/mol. The number of pyridine rings is 1. The normalized spacial score (nSPS) is 11.2. The number of nitrogens with one attached hydrogen (secondary N) is 1. The molecule has 0 saturated heterocycles. The fraction of sp³-hybridized carbons (Fsp3) is 0.154. The molecule has 0 amide bonds. The van der Waals surface area contributed by atoms with Crippen molar-refractivity contribution in [1.82, 2.24) is 4.98 Å². The van der Waals surface area contributed by atoms with Crippen LogP contribution in [0.5, 0.6) is 5.75 Å².